The average Bonchev–Trinajstić information content (AvgIpc) is 3.19. The number of primary amides is 1. The van der Waals surface area contributed by atoms with E-state index >= 15 is 0 Å². The van der Waals surface area contributed by atoms with E-state index in [1.54, 1.807) is 0 Å². The van der Waals surface area contributed by atoms with Crippen LogP contribution >= 0.6 is 11.3 Å². The van der Waals surface area contributed by atoms with E-state index in [4.69, 9.17) is 5.73 Å². The molecule has 4 N–H and O–H groups in total. The maximum atomic E-state index is 12.9. The van der Waals surface area contributed by atoms with Crippen LogP contribution in [0.25, 0.3) is 0 Å². The number of urea groups is 1. The van der Waals surface area contributed by atoms with E-state index in [9.17, 15) is 19.2 Å². The summed E-state index contributed by atoms with van der Waals surface area (Å²) in [5.74, 6) is -1.80. The largest absolute Gasteiger partial charge is 0.365 e. The predicted octanol–water partition coefficient (Wildman–Crippen LogP) is 0.921. The van der Waals surface area contributed by atoms with Crippen molar-refractivity contribution in [1.29, 1.82) is 0 Å². The molecule has 2 aromatic rings. The van der Waals surface area contributed by atoms with Gasteiger partial charge in [0.1, 0.15) is 11.5 Å². The molecule has 2 aliphatic rings. The number of amides is 5. The number of hydrogen-bond donors (Lipinski definition) is 3. The number of nitrogens with one attached hydrogen (secondary N) is 2. The van der Waals surface area contributed by atoms with Gasteiger partial charge in [-0.2, -0.15) is 0 Å². The van der Waals surface area contributed by atoms with Gasteiger partial charge in [-0.3, -0.25) is 29.3 Å². The molecule has 3 heterocycles. The number of rotatable bonds is 5. The Hall–Kier alpha value is -3.34. The number of anilines is 1. The van der Waals surface area contributed by atoms with Crippen LogP contribution in [-0.2, 0) is 28.0 Å². The zero-order valence-electron chi connectivity index (χ0n) is 16.2. The van der Waals surface area contributed by atoms with Crippen LogP contribution in [0.5, 0.6) is 0 Å². The van der Waals surface area contributed by atoms with Crippen molar-refractivity contribution in [2.45, 2.75) is 38.1 Å². The van der Waals surface area contributed by atoms with Gasteiger partial charge < -0.3 is 16.4 Å². The lowest BCUT2D eigenvalue weighted by Crippen LogP contribution is -2.42. The summed E-state index contributed by atoms with van der Waals surface area (Å²) >= 11 is 1.32. The van der Waals surface area contributed by atoms with Gasteiger partial charge in [0.25, 0.3) is 11.8 Å². The molecule has 4 rings (SSSR count). The fraction of sp³-hybridized carbons (Fsp3) is 0.368. The van der Waals surface area contributed by atoms with Gasteiger partial charge >= 0.3 is 6.03 Å². The summed E-state index contributed by atoms with van der Waals surface area (Å²) < 4.78 is 0. The van der Waals surface area contributed by atoms with Crippen molar-refractivity contribution in [2.24, 2.45) is 5.73 Å². The minimum atomic E-state index is -1.41. The summed E-state index contributed by atoms with van der Waals surface area (Å²) in [6, 6.07) is -0.705. The highest BCUT2D eigenvalue weighted by Crippen LogP contribution is 2.38. The first-order valence-corrected chi connectivity index (χ1v) is 10.3. The molecule has 1 aliphatic carbocycles. The monoisotopic (exact) mass is 428 g/mol. The molecule has 1 saturated heterocycles. The quantitative estimate of drug-likeness (QED) is 0.603. The lowest BCUT2D eigenvalue weighted by Gasteiger charge is -2.20. The Morgan fingerprint density at radius 3 is 2.77 bits per heavy atom. The topological polar surface area (TPSA) is 147 Å². The maximum absolute atomic E-state index is 12.9. The second-order valence-corrected chi connectivity index (χ2v) is 8.47. The number of hydrogen-bond acceptors (Lipinski definition) is 7. The van der Waals surface area contributed by atoms with Gasteiger partial charge in [0.2, 0.25) is 5.91 Å². The molecule has 0 bridgehead atoms. The molecule has 1 aliphatic heterocycles. The summed E-state index contributed by atoms with van der Waals surface area (Å²) in [6.45, 7) is 1.01. The third-order valence-electron chi connectivity index (χ3n) is 5.32. The second-order valence-electron chi connectivity index (χ2n) is 7.36. The van der Waals surface area contributed by atoms with E-state index in [0.29, 0.717) is 10.6 Å². The van der Waals surface area contributed by atoms with E-state index in [-0.39, 0.29) is 5.69 Å². The number of carbonyl (C=O) groups is 4. The molecule has 1 atom stereocenters. The Bertz CT molecular complexity index is 1050. The molecule has 5 amide bonds. The zero-order valence-corrected chi connectivity index (χ0v) is 17.0. The summed E-state index contributed by atoms with van der Waals surface area (Å²) in [5.41, 5.74) is 5.61. The van der Waals surface area contributed by atoms with E-state index in [1.807, 2.05) is 0 Å². The van der Waals surface area contributed by atoms with Crippen molar-refractivity contribution >= 4 is 40.1 Å². The van der Waals surface area contributed by atoms with Crippen molar-refractivity contribution in [3.8, 4) is 0 Å². The number of nitrogens with zero attached hydrogens (tertiary/aromatic N) is 3. The van der Waals surface area contributed by atoms with Gasteiger partial charge in [0.05, 0.1) is 17.5 Å². The molecule has 11 heteroatoms. The van der Waals surface area contributed by atoms with Gasteiger partial charge in [-0.1, -0.05) is 0 Å². The normalized spacial score (nSPS) is 20.6. The molecular formula is C19H20N6O4S. The minimum absolute atomic E-state index is 0.271. The van der Waals surface area contributed by atoms with Crippen LogP contribution in [-0.4, -0.2) is 45.2 Å². The summed E-state index contributed by atoms with van der Waals surface area (Å²) in [7, 11) is 0. The van der Waals surface area contributed by atoms with Crippen molar-refractivity contribution in [3.05, 3.63) is 40.3 Å². The molecule has 0 aromatic carbocycles. The molecular weight excluding hydrogens is 408 g/mol. The number of carbonyl (C=O) groups excluding carboxylic acids is 4. The van der Waals surface area contributed by atoms with E-state index in [1.165, 1.54) is 36.9 Å². The van der Waals surface area contributed by atoms with Crippen molar-refractivity contribution in [1.82, 2.24) is 20.2 Å². The van der Waals surface area contributed by atoms with Gasteiger partial charge in [-0.05, 0) is 38.2 Å². The van der Waals surface area contributed by atoms with Crippen molar-refractivity contribution < 1.29 is 19.2 Å². The molecule has 156 valence electrons. The minimum Gasteiger partial charge on any atom is -0.365 e. The Balaban J connectivity index is 1.53. The zero-order chi connectivity index (χ0) is 21.5. The van der Waals surface area contributed by atoms with Crippen LogP contribution in [0.15, 0.2) is 18.6 Å². The van der Waals surface area contributed by atoms with Gasteiger partial charge in [-0.25, -0.2) is 4.79 Å². The second kappa shape index (κ2) is 7.48. The van der Waals surface area contributed by atoms with Crippen LogP contribution in [0.4, 0.5) is 9.80 Å². The van der Waals surface area contributed by atoms with E-state index < -0.39 is 35.8 Å². The van der Waals surface area contributed by atoms with Crippen LogP contribution < -0.4 is 16.4 Å². The number of aryl methyl sites for hydroxylation is 1. The third-order valence-corrected chi connectivity index (χ3v) is 6.53. The number of fused-ring (bicyclic) bond motifs is 1. The SMILES string of the molecule is CC1(c2cnccn2)NC(=O)N(CC(=O)Nc2sc3c(c2C(N)=O)CCCC3)C1=O. The fourth-order valence-corrected chi connectivity index (χ4v) is 5.11. The first-order chi connectivity index (χ1) is 14.3. The summed E-state index contributed by atoms with van der Waals surface area (Å²) in [5, 5.41) is 5.59. The Labute approximate surface area is 175 Å². The standard InChI is InChI=1S/C19H20N6O4S/c1-19(12-8-21-6-7-22-12)17(28)25(18(29)24-19)9-13(26)23-16-14(15(20)27)10-4-2-3-5-11(10)30-16/h6-8H,2-5,9H2,1H3,(H2,20,27)(H,23,26)(H,24,29). The Morgan fingerprint density at radius 1 is 1.30 bits per heavy atom. The number of imide groups is 1. The number of nitrogens with two attached hydrogens (primary N) is 1. The molecule has 1 unspecified atom stereocenters. The Kier molecular flexibility index (Phi) is 4.98. The molecule has 10 nitrogen and oxygen atoms in total. The van der Waals surface area contributed by atoms with Gasteiger partial charge in [-0.15, -0.1) is 11.3 Å². The number of aromatic nitrogens is 2. The van der Waals surface area contributed by atoms with Gasteiger partial charge in [0.15, 0.2) is 5.54 Å². The van der Waals surface area contributed by atoms with Crippen molar-refractivity contribution in [3.63, 3.8) is 0 Å². The average molecular weight is 428 g/mol. The van der Waals surface area contributed by atoms with Crippen LogP contribution in [0.2, 0.25) is 0 Å². The van der Waals surface area contributed by atoms with Crippen LogP contribution in [0, 0.1) is 0 Å². The predicted molar refractivity (Wildman–Crippen MR) is 108 cm³/mol. The first-order valence-electron chi connectivity index (χ1n) is 9.46. The first kappa shape index (κ1) is 20.0. The molecule has 0 saturated carbocycles. The van der Waals surface area contributed by atoms with E-state index in [0.717, 1.165) is 41.0 Å². The Morgan fingerprint density at radius 2 is 2.07 bits per heavy atom. The summed E-state index contributed by atoms with van der Waals surface area (Å²) in [4.78, 5) is 59.8. The summed E-state index contributed by atoms with van der Waals surface area (Å²) in [6.07, 6.45) is 7.80. The van der Waals surface area contributed by atoms with Crippen LogP contribution in [0.3, 0.4) is 0 Å². The lowest BCUT2D eigenvalue weighted by molar-refractivity contribution is -0.133. The maximum Gasteiger partial charge on any atom is 0.325 e. The molecule has 0 radical (unpaired) electrons. The van der Waals surface area contributed by atoms with Crippen LogP contribution in [0.1, 0.15) is 46.3 Å². The number of thiophene rings is 1. The molecule has 0 spiro atoms. The highest BCUT2D eigenvalue weighted by Gasteiger charge is 2.50. The third kappa shape index (κ3) is 3.30. The lowest BCUT2D eigenvalue weighted by atomic mass is 9.95. The highest BCUT2D eigenvalue weighted by atomic mass is 32.1. The van der Waals surface area contributed by atoms with E-state index in [2.05, 4.69) is 20.6 Å². The smallest absolute Gasteiger partial charge is 0.325 e. The molecule has 2 aromatic heterocycles. The van der Waals surface area contributed by atoms with Crippen molar-refractivity contribution in [2.75, 3.05) is 11.9 Å². The molecule has 30 heavy (non-hydrogen) atoms. The molecule has 1 fully saturated rings. The highest BCUT2D eigenvalue weighted by molar-refractivity contribution is 7.17. The van der Waals surface area contributed by atoms with Gasteiger partial charge in [0, 0.05) is 17.3 Å². The fourth-order valence-electron chi connectivity index (χ4n) is 3.80.